The van der Waals surface area contributed by atoms with E-state index in [2.05, 4.69) is 15.3 Å². The average Bonchev–Trinajstić information content (AvgIpc) is 3.19. The highest BCUT2D eigenvalue weighted by molar-refractivity contribution is 6.06. The molecule has 0 spiro atoms. The zero-order chi connectivity index (χ0) is 18.1. The van der Waals surface area contributed by atoms with E-state index in [1.165, 1.54) is 11.2 Å². The molecule has 3 atom stereocenters. The molecule has 2 aliphatic heterocycles. The fraction of sp³-hybridized carbons (Fsp3) is 0.533. The van der Waals surface area contributed by atoms with E-state index in [0.29, 0.717) is 25.1 Å². The maximum absolute atomic E-state index is 12.5. The number of ketones is 1. The third-order valence-electron chi connectivity index (χ3n) is 4.60. The summed E-state index contributed by atoms with van der Waals surface area (Å²) in [5.41, 5.74) is 11.9. The number of aromatic amines is 1. The van der Waals surface area contributed by atoms with E-state index in [4.69, 9.17) is 11.5 Å². The Morgan fingerprint density at radius 2 is 2.00 bits per heavy atom. The molecule has 2 fully saturated rings. The maximum Gasteiger partial charge on any atom is 0.240 e. The van der Waals surface area contributed by atoms with Crippen molar-refractivity contribution in [1.82, 2.24) is 20.2 Å². The van der Waals surface area contributed by atoms with Gasteiger partial charge in [-0.05, 0) is 12.8 Å². The number of hydrogen-bond donors (Lipinski definition) is 4. The fourth-order valence-electron chi connectivity index (χ4n) is 3.22. The average molecular weight is 384 g/mol. The quantitative estimate of drug-likeness (QED) is 0.283. The Balaban J connectivity index is 0.00000182. The molecule has 0 aliphatic carbocycles. The summed E-state index contributed by atoms with van der Waals surface area (Å²) in [5, 5.41) is 2.50. The van der Waals surface area contributed by atoms with Crippen LogP contribution in [0.5, 0.6) is 0 Å². The highest BCUT2D eigenvalue weighted by Crippen LogP contribution is 2.19. The normalized spacial score (nSPS) is 22.0. The van der Waals surface area contributed by atoms with Crippen LogP contribution in [0.2, 0.25) is 0 Å². The van der Waals surface area contributed by atoms with Gasteiger partial charge in [-0.25, -0.2) is 4.98 Å². The van der Waals surface area contributed by atoms with Crippen molar-refractivity contribution < 1.29 is 30.1 Å². The van der Waals surface area contributed by atoms with Crippen LogP contribution in [0.3, 0.4) is 0 Å². The number of H-pyrrole nitrogens is 1. The molecule has 1 aromatic rings. The van der Waals surface area contributed by atoms with Crippen LogP contribution in [-0.2, 0) is 20.8 Å². The molecule has 0 radical (unpaired) electrons. The standard InChI is InChI=1S/C15H20N6O4.2H2O/c16-7(15(25)21-3-1-2-10(21)14(17)24)4-8-12(19-6-18-8)13(23)9-5-11(22)20-9;;/h6-7,9-10H,1-5,16H2,(H2,17,24)(H,18,19)(H,20,22);2*1H2/t7-,9?,10-;;/m0../s1. The van der Waals surface area contributed by atoms with Gasteiger partial charge in [0.1, 0.15) is 17.8 Å². The molecule has 1 unspecified atom stereocenters. The van der Waals surface area contributed by atoms with E-state index in [0.717, 1.165) is 0 Å². The molecule has 0 saturated carbocycles. The molecule has 3 amide bonds. The zero-order valence-electron chi connectivity index (χ0n) is 14.5. The Hall–Kier alpha value is -2.83. The van der Waals surface area contributed by atoms with Gasteiger partial charge in [-0.15, -0.1) is 0 Å². The van der Waals surface area contributed by atoms with Gasteiger partial charge in [-0.3, -0.25) is 19.2 Å². The van der Waals surface area contributed by atoms with Crippen LogP contribution in [0.1, 0.15) is 35.4 Å². The summed E-state index contributed by atoms with van der Waals surface area (Å²) in [6, 6.07) is -2.14. The van der Waals surface area contributed by atoms with Gasteiger partial charge in [-0.1, -0.05) is 0 Å². The Kier molecular flexibility index (Phi) is 7.16. The summed E-state index contributed by atoms with van der Waals surface area (Å²) in [6.07, 6.45) is 2.78. The van der Waals surface area contributed by atoms with E-state index in [-0.39, 0.29) is 47.1 Å². The van der Waals surface area contributed by atoms with Gasteiger partial charge in [0.2, 0.25) is 23.5 Å². The van der Waals surface area contributed by atoms with E-state index >= 15 is 0 Å². The molecule has 3 rings (SSSR count). The van der Waals surface area contributed by atoms with Crippen molar-refractivity contribution in [3.05, 3.63) is 17.7 Å². The lowest BCUT2D eigenvalue weighted by Crippen LogP contribution is -2.53. The minimum Gasteiger partial charge on any atom is -0.412 e. The molecule has 12 heteroatoms. The Bertz CT molecular complexity index is 726. The highest BCUT2D eigenvalue weighted by Gasteiger charge is 2.37. The molecular formula is C15H24N6O6. The summed E-state index contributed by atoms with van der Waals surface area (Å²) in [5.74, 6) is -1.43. The van der Waals surface area contributed by atoms with Crippen molar-refractivity contribution >= 4 is 23.5 Å². The number of primary amides is 1. The number of amides is 3. The molecule has 27 heavy (non-hydrogen) atoms. The van der Waals surface area contributed by atoms with Crippen molar-refractivity contribution in [1.29, 1.82) is 0 Å². The number of Topliss-reactive ketones (excluding diaryl/α,β-unsaturated/α-hetero) is 1. The molecule has 0 aromatic carbocycles. The van der Waals surface area contributed by atoms with Crippen LogP contribution >= 0.6 is 0 Å². The number of carbonyl (C=O) groups excluding carboxylic acids is 4. The van der Waals surface area contributed by atoms with Crippen LogP contribution in [-0.4, -0.2) is 74.0 Å². The van der Waals surface area contributed by atoms with Gasteiger partial charge in [0.15, 0.2) is 0 Å². The van der Waals surface area contributed by atoms with Gasteiger partial charge in [-0.2, -0.15) is 0 Å². The third kappa shape index (κ3) is 4.30. The predicted molar refractivity (Wildman–Crippen MR) is 92.3 cm³/mol. The van der Waals surface area contributed by atoms with Crippen molar-refractivity contribution in [3.63, 3.8) is 0 Å². The second-order valence-corrected chi connectivity index (χ2v) is 6.32. The minimum absolute atomic E-state index is 0. The van der Waals surface area contributed by atoms with Gasteiger partial charge in [0.25, 0.3) is 0 Å². The minimum atomic E-state index is -0.928. The highest BCUT2D eigenvalue weighted by atomic mass is 16.2. The van der Waals surface area contributed by atoms with Crippen molar-refractivity contribution in [2.45, 2.75) is 43.8 Å². The first-order chi connectivity index (χ1) is 11.9. The summed E-state index contributed by atoms with van der Waals surface area (Å²) in [7, 11) is 0. The molecule has 10 N–H and O–H groups in total. The number of nitrogens with zero attached hydrogens (tertiary/aromatic N) is 2. The van der Waals surface area contributed by atoms with Gasteiger partial charge >= 0.3 is 0 Å². The van der Waals surface area contributed by atoms with E-state index in [9.17, 15) is 19.2 Å². The van der Waals surface area contributed by atoms with E-state index in [1.54, 1.807) is 0 Å². The number of carbonyl (C=O) groups is 4. The number of β-lactam (4-membered cyclic amide) rings is 1. The molecule has 1 aromatic heterocycles. The lowest BCUT2D eigenvalue weighted by molar-refractivity contribution is -0.138. The summed E-state index contributed by atoms with van der Waals surface area (Å²) >= 11 is 0. The first kappa shape index (κ1) is 22.2. The van der Waals surface area contributed by atoms with Crippen LogP contribution in [0.25, 0.3) is 0 Å². The number of nitrogens with two attached hydrogens (primary N) is 2. The summed E-state index contributed by atoms with van der Waals surface area (Å²) in [6.45, 7) is 0.434. The lowest BCUT2D eigenvalue weighted by Gasteiger charge is -2.26. The van der Waals surface area contributed by atoms with Crippen LogP contribution in [0, 0.1) is 0 Å². The number of rotatable bonds is 6. The number of nitrogens with one attached hydrogen (secondary N) is 2. The van der Waals surface area contributed by atoms with E-state index in [1.807, 2.05) is 0 Å². The molecule has 2 aliphatic rings. The van der Waals surface area contributed by atoms with Crippen molar-refractivity contribution in [3.8, 4) is 0 Å². The molecule has 0 bridgehead atoms. The van der Waals surface area contributed by atoms with Crippen molar-refractivity contribution in [2.75, 3.05) is 6.54 Å². The fourth-order valence-corrected chi connectivity index (χ4v) is 3.22. The Morgan fingerprint density at radius 1 is 1.33 bits per heavy atom. The number of hydrogen-bond acceptors (Lipinski definition) is 6. The summed E-state index contributed by atoms with van der Waals surface area (Å²) in [4.78, 5) is 55.4. The monoisotopic (exact) mass is 384 g/mol. The number of aromatic nitrogens is 2. The molecular weight excluding hydrogens is 360 g/mol. The molecule has 12 nitrogen and oxygen atoms in total. The Labute approximate surface area is 154 Å². The second-order valence-electron chi connectivity index (χ2n) is 6.32. The number of imidazole rings is 1. The van der Waals surface area contributed by atoms with Crippen molar-refractivity contribution in [2.24, 2.45) is 11.5 Å². The lowest BCUT2D eigenvalue weighted by atomic mass is 9.97. The van der Waals surface area contributed by atoms with Crippen LogP contribution < -0.4 is 16.8 Å². The third-order valence-corrected chi connectivity index (χ3v) is 4.60. The van der Waals surface area contributed by atoms with Gasteiger partial charge in [0.05, 0.1) is 18.8 Å². The molecule has 150 valence electrons. The molecule has 2 saturated heterocycles. The van der Waals surface area contributed by atoms with Crippen LogP contribution in [0.4, 0.5) is 0 Å². The largest absolute Gasteiger partial charge is 0.412 e. The van der Waals surface area contributed by atoms with Crippen LogP contribution in [0.15, 0.2) is 6.33 Å². The second kappa shape index (κ2) is 8.70. The maximum atomic E-state index is 12.5. The van der Waals surface area contributed by atoms with Gasteiger partial charge < -0.3 is 37.6 Å². The Morgan fingerprint density at radius 3 is 2.59 bits per heavy atom. The smallest absolute Gasteiger partial charge is 0.240 e. The SMILES string of the molecule is NC(=O)[C@@H]1CCCN1C(=O)[C@@H](N)Cc1[nH]cnc1C(=O)C1CC(=O)N1.O.O. The predicted octanol–water partition coefficient (Wildman–Crippen LogP) is -3.82. The number of likely N-dealkylation sites (tertiary alicyclic amines) is 1. The topological polar surface area (TPSA) is 227 Å². The first-order valence-corrected chi connectivity index (χ1v) is 8.09. The van der Waals surface area contributed by atoms with Gasteiger partial charge in [0, 0.05) is 18.7 Å². The summed E-state index contributed by atoms with van der Waals surface area (Å²) < 4.78 is 0. The first-order valence-electron chi connectivity index (χ1n) is 8.09. The van der Waals surface area contributed by atoms with E-state index < -0.39 is 24.0 Å². The zero-order valence-corrected chi connectivity index (χ0v) is 14.5. The molecule has 3 heterocycles.